The molecule has 5 rings (SSSR count). The molecule has 0 atom stereocenters. The minimum Gasteiger partial charge on any atom is -0.407 e. The fourth-order valence-corrected chi connectivity index (χ4v) is 4.20. The molecule has 0 aliphatic carbocycles. The van der Waals surface area contributed by atoms with Crippen LogP contribution in [0, 0.1) is 0 Å². The van der Waals surface area contributed by atoms with Gasteiger partial charge in [0.2, 0.25) is 0 Å². The van der Waals surface area contributed by atoms with Gasteiger partial charge >= 0.3 is 6.28 Å². The summed E-state index contributed by atoms with van der Waals surface area (Å²) in [6.07, 6.45) is 8.28. The fourth-order valence-electron chi connectivity index (χ4n) is 4.20. The lowest BCUT2D eigenvalue weighted by molar-refractivity contribution is -0.539. The van der Waals surface area contributed by atoms with Crippen LogP contribution in [-0.4, -0.2) is 21.2 Å². The van der Waals surface area contributed by atoms with Crippen molar-refractivity contribution in [2.24, 2.45) is 0 Å². The van der Waals surface area contributed by atoms with E-state index in [1.807, 2.05) is 55.0 Å². The smallest absolute Gasteiger partial charge is 0.397 e. The molecule has 0 bridgehead atoms. The van der Waals surface area contributed by atoms with Gasteiger partial charge in [0.05, 0.1) is 0 Å². The molecular weight excluding hydrogens is 331 g/mol. The van der Waals surface area contributed by atoms with Crippen LogP contribution in [0.2, 0.25) is 0 Å². The molecule has 0 N–H and O–H groups in total. The van der Waals surface area contributed by atoms with E-state index in [-0.39, 0.29) is 0 Å². The molecule has 4 aromatic heterocycles. The Labute approximate surface area is 157 Å². The molecule has 0 radical (unpaired) electrons. The van der Waals surface area contributed by atoms with E-state index in [4.69, 9.17) is 9.97 Å². The van der Waals surface area contributed by atoms with Gasteiger partial charge in [-0.15, -0.1) is 0 Å². The molecule has 5 heteroatoms. The Bertz CT molecular complexity index is 1070. The van der Waals surface area contributed by atoms with Gasteiger partial charge in [-0.05, 0) is 47.6 Å². The zero-order valence-electron chi connectivity index (χ0n) is 14.7. The zero-order valence-corrected chi connectivity index (χ0v) is 14.7. The molecular formula is C22H17BN4. The maximum atomic E-state index is 4.78. The standard InChI is InChI=1S/C22H17BN4/c1-5-13-24-20(10-1)19-17-18-9-4-8-16-27(18)23(19,21-11-2-6-14-25-21)22-12-3-7-15-26-22/h1-17H. The summed E-state index contributed by atoms with van der Waals surface area (Å²) < 4.78 is 2.30. The molecule has 0 amide bonds. The summed E-state index contributed by atoms with van der Waals surface area (Å²) in [5.41, 5.74) is 5.14. The van der Waals surface area contributed by atoms with Gasteiger partial charge in [-0.1, -0.05) is 41.9 Å². The zero-order chi connectivity index (χ0) is 18.1. The van der Waals surface area contributed by atoms with Crippen LogP contribution >= 0.6 is 0 Å². The van der Waals surface area contributed by atoms with Crippen molar-refractivity contribution in [3.63, 3.8) is 0 Å². The predicted octanol–water partition coefficient (Wildman–Crippen LogP) is 1.86. The average Bonchev–Trinajstić information content (AvgIpc) is 3.12. The number of nitrogens with zero attached hydrogens (tertiary/aromatic N) is 4. The molecule has 1 aliphatic heterocycles. The normalized spacial score (nSPS) is 14.4. The van der Waals surface area contributed by atoms with E-state index in [0.29, 0.717) is 0 Å². The molecule has 0 saturated carbocycles. The molecule has 27 heavy (non-hydrogen) atoms. The second kappa shape index (κ2) is 6.29. The summed E-state index contributed by atoms with van der Waals surface area (Å²) in [5.74, 6) is 0. The van der Waals surface area contributed by atoms with Crippen molar-refractivity contribution in [1.82, 2.24) is 15.0 Å². The van der Waals surface area contributed by atoms with Crippen molar-refractivity contribution in [3.8, 4) is 0 Å². The lowest BCUT2D eigenvalue weighted by Gasteiger charge is -2.32. The summed E-state index contributed by atoms with van der Waals surface area (Å²) in [4.78, 5) is 14.2. The first-order valence-electron chi connectivity index (χ1n) is 9.03. The van der Waals surface area contributed by atoms with E-state index in [1.54, 1.807) is 0 Å². The molecule has 1 aliphatic rings. The maximum Gasteiger partial charge on any atom is 0.397 e. The van der Waals surface area contributed by atoms with Crippen molar-refractivity contribution < 1.29 is 4.48 Å². The third kappa shape index (κ3) is 2.32. The second-order valence-electron chi connectivity index (χ2n) is 6.68. The first-order chi connectivity index (χ1) is 13.4. The monoisotopic (exact) mass is 348 g/mol. The highest BCUT2D eigenvalue weighted by Crippen LogP contribution is 2.28. The van der Waals surface area contributed by atoms with Crippen molar-refractivity contribution in [2.45, 2.75) is 0 Å². The van der Waals surface area contributed by atoms with Crippen molar-refractivity contribution in [1.29, 1.82) is 0 Å². The quantitative estimate of drug-likeness (QED) is 0.531. The van der Waals surface area contributed by atoms with Gasteiger partial charge in [-0.2, -0.15) is 0 Å². The van der Waals surface area contributed by atoms with E-state index in [2.05, 4.69) is 58.1 Å². The molecule has 0 unspecified atom stereocenters. The summed E-state index contributed by atoms with van der Waals surface area (Å²) in [5, 5.41) is 0. The number of aromatic nitrogens is 4. The summed E-state index contributed by atoms with van der Waals surface area (Å²) in [6.45, 7) is 0. The average molecular weight is 348 g/mol. The first-order valence-corrected chi connectivity index (χ1v) is 9.03. The van der Waals surface area contributed by atoms with E-state index in [1.165, 1.54) is 0 Å². The van der Waals surface area contributed by atoms with E-state index in [9.17, 15) is 0 Å². The molecule has 4 aromatic rings. The number of hydrogen-bond acceptors (Lipinski definition) is 3. The third-order valence-corrected chi connectivity index (χ3v) is 5.29. The summed E-state index contributed by atoms with van der Waals surface area (Å²) >= 11 is 0. The lowest BCUT2D eigenvalue weighted by atomic mass is 9.26. The second-order valence-corrected chi connectivity index (χ2v) is 6.68. The molecule has 0 fully saturated rings. The Balaban J connectivity index is 1.91. The van der Waals surface area contributed by atoms with Gasteiger partial charge in [0.15, 0.2) is 0 Å². The van der Waals surface area contributed by atoms with Crippen molar-refractivity contribution in [3.05, 3.63) is 109 Å². The molecule has 0 aromatic carbocycles. The number of hydrogen-bond donors (Lipinski definition) is 0. The van der Waals surface area contributed by atoms with Crippen LogP contribution in [-0.2, 0) is 0 Å². The largest absolute Gasteiger partial charge is 0.407 e. The Kier molecular flexibility index (Phi) is 3.64. The molecule has 5 heterocycles. The SMILES string of the molecule is C1=C(c2ccccn2)[B-](c2ccccn2)(c2ccccn2)[n+]2ccccc21. The van der Waals surface area contributed by atoms with Crippen LogP contribution in [0.15, 0.2) is 97.6 Å². The van der Waals surface area contributed by atoms with Gasteiger partial charge < -0.3 is 4.48 Å². The first kappa shape index (κ1) is 15.6. The highest BCUT2D eigenvalue weighted by molar-refractivity contribution is 7.09. The van der Waals surface area contributed by atoms with Gasteiger partial charge in [0, 0.05) is 30.4 Å². The van der Waals surface area contributed by atoms with Crippen LogP contribution in [0.25, 0.3) is 11.5 Å². The molecule has 4 nitrogen and oxygen atoms in total. The van der Waals surface area contributed by atoms with Crippen LogP contribution < -0.4 is 15.7 Å². The van der Waals surface area contributed by atoms with Gasteiger partial charge in [0.1, 0.15) is 11.9 Å². The number of fused-ring (bicyclic) bond motifs is 1. The Hall–Kier alpha value is -3.60. The third-order valence-electron chi connectivity index (χ3n) is 5.29. The molecule has 0 spiro atoms. The van der Waals surface area contributed by atoms with Crippen LogP contribution in [0.4, 0.5) is 0 Å². The van der Waals surface area contributed by atoms with Gasteiger partial charge in [0.25, 0.3) is 0 Å². The minimum atomic E-state index is -1.58. The van der Waals surface area contributed by atoms with E-state index < -0.39 is 6.28 Å². The summed E-state index contributed by atoms with van der Waals surface area (Å²) in [6, 6.07) is 24.4. The van der Waals surface area contributed by atoms with Gasteiger partial charge in [-0.3, -0.25) is 15.0 Å². The molecule has 128 valence electrons. The van der Waals surface area contributed by atoms with Crippen LogP contribution in [0.1, 0.15) is 11.4 Å². The maximum absolute atomic E-state index is 4.78. The topological polar surface area (TPSA) is 42.6 Å². The van der Waals surface area contributed by atoms with Crippen LogP contribution in [0.3, 0.4) is 0 Å². The Morgan fingerprint density at radius 2 is 1.26 bits per heavy atom. The Morgan fingerprint density at radius 1 is 0.630 bits per heavy atom. The van der Waals surface area contributed by atoms with Crippen molar-refractivity contribution in [2.75, 3.05) is 0 Å². The number of pyridine rings is 4. The van der Waals surface area contributed by atoms with Gasteiger partial charge in [-0.25, -0.2) is 0 Å². The lowest BCUT2D eigenvalue weighted by Crippen LogP contribution is -2.79. The van der Waals surface area contributed by atoms with E-state index in [0.717, 1.165) is 28.0 Å². The number of rotatable bonds is 3. The highest BCUT2D eigenvalue weighted by Gasteiger charge is 2.51. The highest BCUT2D eigenvalue weighted by atomic mass is 15.0. The summed E-state index contributed by atoms with van der Waals surface area (Å²) in [7, 11) is 0. The molecule has 0 saturated heterocycles. The van der Waals surface area contributed by atoms with E-state index >= 15 is 0 Å². The van der Waals surface area contributed by atoms with Crippen LogP contribution in [0.5, 0.6) is 0 Å². The Morgan fingerprint density at radius 3 is 1.85 bits per heavy atom. The fraction of sp³-hybridized carbons (Fsp3) is 0. The minimum absolute atomic E-state index is 0.942. The van der Waals surface area contributed by atoms with Crippen molar-refractivity contribution >= 4 is 29.0 Å². The predicted molar refractivity (Wildman–Crippen MR) is 108 cm³/mol.